The zero-order chi connectivity index (χ0) is 16.2. The summed E-state index contributed by atoms with van der Waals surface area (Å²) in [5.74, 6) is 1.09. The molecule has 3 aromatic rings. The van der Waals surface area contributed by atoms with E-state index in [4.69, 9.17) is 9.47 Å². The molecule has 0 bridgehead atoms. The lowest BCUT2D eigenvalue weighted by molar-refractivity contribution is -0.118. The van der Waals surface area contributed by atoms with Gasteiger partial charge in [-0.05, 0) is 52.3 Å². The quantitative estimate of drug-likeness (QED) is 0.710. The van der Waals surface area contributed by atoms with Gasteiger partial charge in [0.25, 0.3) is 5.91 Å². The summed E-state index contributed by atoms with van der Waals surface area (Å²) in [4.78, 5) is 16.4. The van der Waals surface area contributed by atoms with Crippen LogP contribution < -0.4 is 14.8 Å². The summed E-state index contributed by atoms with van der Waals surface area (Å²) in [5, 5.41) is 3.30. The lowest BCUT2D eigenvalue weighted by Gasteiger charge is -2.06. The fourth-order valence-corrected chi connectivity index (χ4v) is 3.44. The molecule has 0 aliphatic heterocycles. The minimum Gasteiger partial charge on any atom is -0.497 e. The molecule has 1 heterocycles. The van der Waals surface area contributed by atoms with Crippen molar-refractivity contribution < 1.29 is 14.3 Å². The fraction of sp³-hybridized carbons (Fsp3) is 0.125. The zero-order valence-electron chi connectivity index (χ0n) is 12.2. The second-order valence-corrected chi connectivity index (χ2v) is 6.50. The molecule has 1 aromatic heterocycles. The predicted octanol–water partition coefficient (Wildman–Crippen LogP) is 4.08. The van der Waals surface area contributed by atoms with Crippen LogP contribution in [0.25, 0.3) is 10.2 Å². The van der Waals surface area contributed by atoms with Crippen LogP contribution >= 0.6 is 27.3 Å². The first-order valence-electron chi connectivity index (χ1n) is 6.77. The summed E-state index contributed by atoms with van der Waals surface area (Å²) < 4.78 is 12.4. The molecule has 0 saturated heterocycles. The number of methoxy groups -OCH3 is 1. The lowest BCUT2D eigenvalue weighted by atomic mass is 10.3. The Morgan fingerprint density at radius 1 is 1.22 bits per heavy atom. The number of rotatable bonds is 5. The summed E-state index contributed by atoms with van der Waals surface area (Å²) in [7, 11) is 1.60. The van der Waals surface area contributed by atoms with Crippen molar-refractivity contribution in [2.45, 2.75) is 0 Å². The second-order valence-electron chi connectivity index (χ2n) is 4.62. The first kappa shape index (κ1) is 15.8. The molecule has 0 atom stereocenters. The number of anilines is 1. The molecule has 0 unspecified atom stereocenters. The van der Waals surface area contributed by atoms with Crippen molar-refractivity contribution in [1.82, 2.24) is 4.98 Å². The van der Waals surface area contributed by atoms with E-state index in [9.17, 15) is 4.79 Å². The summed E-state index contributed by atoms with van der Waals surface area (Å²) in [6.07, 6.45) is 0. The monoisotopic (exact) mass is 392 g/mol. The Labute approximate surface area is 145 Å². The number of fused-ring (bicyclic) bond motifs is 1. The van der Waals surface area contributed by atoms with Gasteiger partial charge in [0.15, 0.2) is 11.7 Å². The van der Waals surface area contributed by atoms with Gasteiger partial charge in [0.2, 0.25) is 0 Å². The Kier molecular flexibility index (Phi) is 4.78. The highest BCUT2D eigenvalue weighted by Crippen LogP contribution is 2.30. The van der Waals surface area contributed by atoms with Crippen molar-refractivity contribution in [2.75, 3.05) is 19.0 Å². The molecule has 3 rings (SSSR count). The van der Waals surface area contributed by atoms with Gasteiger partial charge < -0.3 is 9.47 Å². The van der Waals surface area contributed by atoms with Gasteiger partial charge >= 0.3 is 0 Å². The van der Waals surface area contributed by atoms with Crippen molar-refractivity contribution >= 4 is 48.5 Å². The number of hydrogen-bond donors (Lipinski definition) is 1. The van der Waals surface area contributed by atoms with Crippen molar-refractivity contribution in [2.24, 2.45) is 0 Å². The molecular weight excluding hydrogens is 380 g/mol. The molecule has 0 fully saturated rings. The number of carbonyl (C=O) groups excluding carboxylic acids is 1. The topological polar surface area (TPSA) is 60.5 Å². The first-order chi connectivity index (χ1) is 11.2. The minimum absolute atomic E-state index is 0.0799. The van der Waals surface area contributed by atoms with Crippen LogP contribution in [0.5, 0.6) is 11.5 Å². The Hall–Kier alpha value is -2.12. The molecule has 0 radical (unpaired) electrons. The average Bonchev–Trinajstić information content (AvgIpc) is 2.97. The lowest BCUT2D eigenvalue weighted by Crippen LogP contribution is -2.19. The van der Waals surface area contributed by atoms with Gasteiger partial charge in [0, 0.05) is 4.47 Å². The van der Waals surface area contributed by atoms with Gasteiger partial charge in [-0.3, -0.25) is 10.1 Å². The molecule has 0 saturated carbocycles. The first-order valence-corrected chi connectivity index (χ1v) is 8.38. The number of carbonyl (C=O) groups is 1. The van der Waals surface area contributed by atoms with Crippen molar-refractivity contribution in [3.8, 4) is 11.5 Å². The number of benzene rings is 2. The van der Waals surface area contributed by atoms with Crippen LogP contribution in [0.15, 0.2) is 46.9 Å². The minimum atomic E-state index is -0.254. The van der Waals surface area contributed by atoms with Gasteiger partial charge in [-0.2, -0.15) is 0 Å². The second kappa shape index (κ2) is 6.97. The zero-order valence-corrected chi connectivity index (χ0v) is 14.6. The maximum atomic E-state index is 12.0. The maximum Gasteiger partial charge on any atom is 0.264 e. The molecule has 1 N–H and O–H groups in total. The molecule has 0 aliphatic carbocycles. The number of nitrogens with one attached hydrogen (secondary N) is 1. The Bertz CT molecular complexity index is 833. The maximum absolute atomic E-state index is 12.0. The molecule has 5 nitrogen and oxygen atoms in total. The number of amides is 1. The van der Waals surface area contributed by atoms with E-state index in [1.807, 2.05) is 18.2 Å². The highest BCUT2D eigenvalue weighted by molar-refractivity contribution is 9.10. The van der Waals surface area contributed by atoms with Gasteiger partial charge in [0.05, 0.1) is 17.3 Å². The standard InChI is InChI=1S/C16H13BrN2O3S/c1-21-10-5-7-11(8-6-10)22-9-14(20)18-16-19-15-12(17)3-2-4-13(15)23-16/h2-8H,9H2,1H3,(H,18,19,20). The van der Waals surface area contributed by atoms with Crippen LogP contribution in [0.1, 0.15) is 0 Å². The Morgan fingerprint density at radius 2 is 1.96 bits per heavy atom. The predicted molar refractivity (Wildman–Crippen MR) is 94.4 cm³/mol. The third kappa shape index (κ3) is 3.80. The van der Waals surface area contributed by atoms with E-state index >= 15 is 0 Å². The molecule has 2 aromatic carbocycles. The summed E-state index contributed by atoms with van der Waals surface area (Å²) >= 11 is 4.87. The highest BCUT2D eigenvalue weighted by atomic mass is 79.9. The Morgan fingerprint density at radius 3 is 2.65 bits per heavy atom. The summed E-state index contributed by atoms with van der Waals surface area (Å²) in [6.45, 7) is -0.0799. The number of aromatic nitrogens is 1. The van der Waals surface area contributed by atoms with Crippen molar-refractivity contribution in [3.05, 3.63) is 46.9 Å². The molecule has 0 spiro atoms. The number of halogens is 1. The van der Waals surface area contributed by atoms with Crippen LogP contribution in [0.4, 0.5) is 5.13 Å². The van der Waals surface area contributed by atoms with Crippen LogP contribution in [0.2, 0.25) is 0 Å². The highest BCUT2D eigenvalue weighted by Gasteiger charge is 2.10. The molecule has 23 heavy (non-hydrogen) atoms. The molecular formula is C16H13BrN2O3S. The average molecular weight is 393 g/mol. The van der Waals surface area contributed by atoms with Crippen LogP contribution in [-0.4, -0.2) is 24.6 Å². The number of para-hydroxylation sites is 1. The van der Waals surface area contributed by atoms with Crippen LogP contribution in [0.3, 0.4) is 0 Å². The van der Waals surface area contributed by atoms with Crippen molar-refractivity contribution in [3.63, 3.8) is 0 Å². The van der Waals surface area contributed by atoms with Gasteiger partial charge in [-0.15, -0.1) is 0 Å². The Balaban J connectivity index is 1.60. The van der Waals surface area contributed by atoms with E-state index in [2.05, 4.69) is 26.2 Å². The number of thiazole rings is 1. The normalized spacial score (nSPS) is 10.5. The SMILES string of the molecule is COc1ccc(OCC(=O)Nc2nc3c(Br)cccc3s2)cc1. The van der Waals surface area contributed by atoms with E-state index in [1.165, 1.54) is 11.3 Å². The molecule has 0 aliphatic rings. The fourth-order valence-electron chi connectivity index (χ4n) is 1.94. The van der Waals surface area contributed by atoms with Gasteiger partial charge in [-0.25, -0.2) is 4.98 Å². The smallest absolute Gasteiger partial charge is 0.264 e. The third-order valence-corrected chi connectivity index (χ3v) is 4.62. The van der Waals surface area contributed by atoms with E-state index in [0.29, 0.717) is 10.9 Å². The van der Waals surface area contributed by atoms with E-state index < -0.39 is 0 Å². The largest absolute Gasteiger partial charge is 0.497 e. The number of nitrogens with zero attached hydrogens (tertiary/aromatic N) is 1. The van der Waals surface area contributed by atoms with Gasteiger partial charge in [-0.1, -0.05) is 17.4 Å². The number of hydrogen-bond acceptors (Lipinski definition) is 5. The van der Waals surface area contributed by atoms with Crippen LogP contribution in [-0.2, 0) is 4.79 Å². The molecule has 118 valence electrons. The van der Waals surface area contributed by atoms with Crippen LogP contribution in [0, 0.1) is 0 Å². The van der Waals surface area contributed by atoms with Crippen molar-refractivity contribution in [1.29, 1.82) is 0 Å². The van der Waals surface area contributed by atoms with E-state index in [-0.39, 0.29) is 12.5 Å². The molecule has 1 amide bonds. The summed E-state index contributed by atoms with van der Waals surface area (Å²) in [6, 6.07) is 12.9. The third-order valence-electron chi connectivity index (χ3n) is 3.05. The molecule has 7 heteroatoms. The number of ether oxygens (including phenoxy) is 2. The van der Waals surface area contributed by atoms with E-state index in [0.717, 1.165) is 20.4 Å². The summed E-state index contributed by atoms with van der Waals surface area (Å²) in [5.41, 5.74) is 0.837. The van der Waals surface area contributed by atoms with E-state index in [1.54, 1.807) is 31.4 Å². The van der Waals surface area contributed by atoms with Gasteiger partial charge in [0.1, 0.15) is 11.5 Å².